The number of aryl methyl sites for hydroxylation is 1. The highest BCUT2D eigenvalue weighted by Crippen LogP contribution is 2.30. The van der Waals surface area contributed by atoms with E-state index in [9.17, 15) is 14.4 Å². The summed E-state index contributed by atoms with van der Waals surface area (Å²) in [6.07, 6.45) is -0.0387. The van der Waals surface area contributed by atoms with Crippen LogP contribution in [0.5, 0.6) is 0 Å². The molecule has 0 bridgehead atoms. The van der Waals surface area contributed by atoms with Gasteiger partial charge in [-0.1, -0.05) is 29.8 Å². The van der Waals surface area contributed by atoms with Crippen LogP contribution in [0.15, 0.2) is 24.3 Å². The predicted octanol–water partition coefficient (Wildman–Crippen LogP) is 2.07. The van der Waals surface area contributed by atoms with Crippen molar-refractivity contribution in [2.75, 3.05) is 14.1 Å². The number of carbonyl (C=O) groups excluding carboxylic acids is 3. The Morgan fingerprint density at radius 3 is 1.88 bits per heavy atom. The molecule has 0 spiro atoms. The Kier molecular flexibility index (Phi) is 5.02. The fourth-order valence-corrected chi connectivity index (χ4v) is 2.47. The molecule has 7 nitrogen and oxygen atoms in total. The third kappa shape index (κ3) is 3.72. The van der Waals surface area contributed by atoms with Crippen molar-refractivity contribution in [2.45, 2.75) is 45.3 Å². The van der Waals surface area contributed by atoms with Gasteiger partial charge in [-0.3, -0.25) is 19.4 Å². The summed E-state index contributed by atoms with van der Waals surface area (Å²) in [7, 11) is 2.63. The molecule has 1 heterocycles. The van der Waals surface area contributed by atoms with Crippen molar-refractivity contribution in [1.82, 2.24) is 9.80 Å². The minimum absolute atomic E-state index is 0.0387. The molecule has 0 radical (unpaired) electrons. The van der Waals surface area contributed by atoms with E-state index in [1.807, 2.05) is 31.2 Å². The zero-order valence-electron chi connectivity index (χ0n) is 15.5. The minimum Gasteiger partial charge on any atom is -0.270 e. The van der Waals surface area contributed by atoms with Gasteiger partial charge in [0.15, 0.2) is 0 Å². The van der Waals surface area contributed by atoms with Crippen molar-refractivity contribution in [3.05, 3.63) is 35.4 Å². The molecule has 1 aliphatic rings. The number of imide groups is 2. The first-order valence-electron chi connectivity index (χ1n) is 8.00. The van der Waals surface area contributed by atoms with Crippen molar-refractivity contribution >= 4 is 17.8 Å². The van der Waals surface area contributed by atoms with E-state index in [2.05, 4.69) is 0 Å². The lowest BCUT2D eigenvalue weighted by atomic mass is 9.89. The lowest BCUT2D eigenvalue weighted by Gasteiger charge is -2.41. The van der Waals surface area contributed by atoms with Crippen LogP contribution in [0.4, 0.5) is 4.79 Å². The summed E-state index contributed by atoms with van der Waals surface area (Å²) < 4.78 is 0. The highest BCUT2D eigenvalue weighted by molar-refractivity contribution is 6.21. The third-order valence-corrected chi connectivity index (χ3v) is 3.88. The van der Waals surface area contributed by atoms with Gasteiger partial charge in [0.25, 0.3) is 17.4 Å². The maximum atomic E-state index is 12.9. The molecule has 0 unspecified atom stereocenters. The summed E-state index contributed by atoms with van der Waals surface area (Å²) in [5.41, 5.74) is -0.907. The number of hydrogen-bond donors (Lipinski definition) is 0. The summed E-state index contributed by atoms with van der Waals surface area (Å²) >= 11 is 0. The van der Waals surface area contributed by atoms with Crippen LogP contribution < -0.4 is 0 Å². The van der Waals surface area contributed by atoms with Crippen molar-refractivity contribution in [3.8, 4) is 0 Å². The Bertz CT molecular complexity index is 666. The number of barbiturate groups is 1. The zero-order valence-corrected chi connectivity index (χ0v) is 15.5. The molecular formula is C18H24N2O5. The van der Waals surface area contributed by atoms with Gasteiger partial charge in [-0.2, -0.15) is 0 Å². The van der Waals surface area contributed by atoms with Crippen LogP contribution in [0, 0.1) is 6.92 Å². The van der Waals surface area contributed by atoms with Gasteiger partial charge < -0.3 is 0 Å². The molecule has 25 heavy (non-hydrogen) atoms. The maximum absolute atomic E-state index is 12.9. The van der Waals surface area contributed by atoms with Gasteiger partial charge in [-0.15, -0.1) is 0 Å². The van der Waals surface area contributed by atoms with E-state index in [4.69, 9.17) is 9.78 Å². The zero-order chi connectivity index (χ0) is 19.0. The first-order valence-corrected chi connectivity index (χ1v) is 8.00. The Balaban J connectivity index is 2.47. The molecule has 0 saturated carbocycles. The molecule has 0 N–H and O–H groups in total. The Labute approximate surface area is 147 Å². The van der Waals surface area contributed by atoms with Crippen LogP contribution in [0.25, 0.3) is 0 Å². The fourth-order valence-electron chi connectivity index (χ4n) is 2.47. The topological polar surface area (TPSA) is 76.2 Å². The SMILES string of the molecule is Cc1ccc(CC2(OOC(C)(C)C)C(=O)N(C)C(=O)N(C)C2=O)cc1. The lowest BCUT2D eigenvalue weighted by Crippen LogP contribution is -2.69. The number of hydrogen-bond acceptors (Lipinski definition) is 5. The molecule has 4 amide bonds. The largest absolute Gasteiger partial charge is 0.333 e. The average molecular weight is 348 g/mol. The Hall–Kier alpha value is -2.25. The number of benzene rings is 1. The van der Waals surface area contributed by atoms with Gasteiger partial charge in [-0.25, -0.2) is 14.6 Å². The van der Waals surface area contributed by atoms with Gasteiger partial charge in [0.05, 0.1) is 5.60 Å². The molecule has 1 aliphatic heterocycles. The van der Waals surface area contributed by atoms with Crippen molar-refractivity contribution < 1.29 is 24.2 Å². The molecule has 1 aromatic carbocycles. The molecule has 1 aromatic rings. The lowest BCUT2D eigenvalue weighted by molar-refractivity contribution is -0.387. The quantitative estimate of drug-likeness (QED) is 0.473. The van der Waals surface area contributed by atoms with E-state index in [1.165, 1.54) is 14.1 Å². The smallest absolute Gasteiger partial charge is 0.270 e. The van der Waals surface area contributed by atoms with Crippen LogP contribution in [-0.4, -0.2) is 52.9 Å². The summed E-state index contributed by atoms with van der Waals surface area (Å²) in [6.45, 7) is 7.16. The highest BCUT2D eigenvalue weighted by atomic mass is 17.2. The fraction of sp³-hybridized carbons (Fsp3) is 0.500. The Morgan fingerprint density at radius 2 is 1.44 bits per heavy atom. The molecule has 0 aromatic heterocycles. The van der Waals surface area contributed by atoms with Crippen LogP contribution in [-0.2, 0) is 25.8 Å². The summed E-state index contributed by atoms with van der Waals surface area (Å²) in [5, 5.41) is 0. The molecule has 1 fully saturated rings. The summed E-state index contributed by atoms with van der Waals surface area (Å²) in [6, 6.07) is 6.69. The van der Waals surface area contributed by atoms with E-state index >= 15 is 0 Å². The summed E-state index contributed by atoms with van der Waals surface area (Å²) in [5.74, 6) is -1.49. The highest BCUT2D eigenvalue weighted by Gasteiger charge is 2.58. The van der Waals surface area contributed by atoms with Crippen molar-refractivity contribution in [3.63, 3.8) is 0 Å². The molecular weight excluding hydrogens is 324 g/mol. The number of likely N-dealkylation sites (N-methyl/N-ethyl adjacent to an activating group) is 2. The van der Waals surface area contributed by atoms with Crippen LogP contribution >= 0.6 is 0 Å². The normalized spacial score (nSPS) is 18.1. The second-order valence-corrected chi connectivity index (χ2v) is 7.28. The van der Waals surface area contributed by atoms with Crippen molar-refractivity contribution in [1.29, 1.82) is 0 Å². The van der Waals surface area contributed by atoms with Gasteiger partial charge in [-0.05, 0) is 33.3 Å². The standard InChI is InChI=1S/C18H24N2O5/c1-12-7-9-13(10-8-12)11-18(25-24-17(2,3)4)14(21)19(5)16(23)20(6)15(18)22/h7-10H,11H2,1-6H3. The minimum atomic E-state index is -1.94. The second kappa shape index (κ2) is 6.57. The van der Waals surface area contributed by atoms with E-state index in [1.54, 1.807) is 20.8 Å². The second-order valence-electron chi connectivity index (χ2n) is 7.28. The van der Waals surface area contributed by atoms with E-state index in [0.717, 1.165) is 20.9 Å². The number of carbonyl (C=O) groups is 3. The number of nitrogens with zero attached hydrogens (tertiary/aromatic N) is 2. The molecule has 1 saturated heterocycles. The first kappa shape index (κ1) is 19.1. The van der Waals surface area contributed by atoms with Crippen molar-refractivity contribution in [2.24, 2.45) is 0 Å². The molecule has 2 rings (SSSR count). The third-order valence-electron chi connectivity index (χ3n) is 3.88. The molecule has 0 aliphatic carbocycles. The van der Waals surface area contributed by atoms with E-state index in [-0.39, 0.29) is 6.42 Å². The van der Waals surface area contributed by atoms with E-state index in [0.29, 0.717) is 0 Å². The van der Waals surface area contributed by atoms with Gasteiger partial charge in [0.2, 0.25) is 0 Å². The number of rotatable bonds is 4. The van der Waals surface area contributed by atoms with E-state index < -0.39 is 29.0 Å². The monoisotopic (exact) mass is 348 g/mol. The van der Waals surface area contributed by atoms with Crippen LogP contribution in [0.3, 0.4) is 0 Å². The van der Waals surface area contributed by atoms with Gasteiger partial charge in [0.1, 0.15) is 0 Å². The van der Waals surface area contributed by atoms with Crippen LogP contribution in [0.1, 0.15) is 31.9 Å². The first-order chi connectivity index (χ1) is 11.5. The molecule has 0 atom stereocenters. The predicted molar refractivity (Wildman–Crippen MR) is 90.5 cm³/mol. The number of urea groups is 1. The summed E-state index contributed by atoms with van der Waals surface area (Å²) in [4.78, 5) is 50.3. The van der Waals surface area contributed by atoms with Gasteiger partial charge in [0, 0.05) is 20.5 Å². The number of amides is 4. The molecule has 7 heteroatoms. The molecule has 136 valence electrons. The maximum Gasteiger partial charge on any atom is 0.333 e. The average Bonchev–Trinajstić information content (AvgIpc) is 2.55. The Morgan fingerprint density at radius 1 is 0.960 bits per heavy atom. The van der Waals surface area contributed by atoms with Gasteiger partial charge >= 0.3 is 6.03 Å². The van der Waals surface area contributed by atoms with Crippen LogP contribution in [0.2, 0.25) is 0 Å².